The molecule has 0 spiro atoms. The van der Waals surface area contributed by atoms with Crippen molar-refractivity contribution in [3.05, 3.63) is 34.6 Å². The van der Waals surface area contributed by atoms with Crippen molar-refractivity contribution < 1.29 is 9.21 Å². The number of likely N-dealkylation sites (N-methyl/N-ethyl adjacent to an activating group) is 2. The molecule has 0 saturated heterocycles. The fourth-order valence-electron chi connectivity index (χ4n) is 2.43. The third-order valence-corrected chi connectivity index (χ3v) is 3.72. The van der Waals surface area contributed by atoms with Crippen LogP contribution in [-0.2, 0) is 0 Å². The van der Waals surface area contributed by atoms with Gasteiger partial charge in [0, 0.05) is 31.1 Å². The maximum atomic E-state index is 12.5. The zero-order valence-electron chi connectivity index (χ0n) is 13.2. The SMILES string of the molecule is CNCCN(C)C(=O)c1oc2c(C)ccc(C)c2c1C.Cl. The summed E-state index contributed by atoms with van der Waals surface area (Å²) in [5, 5.41) is 4.11. The van der Waals surface area contributed by atoms with Gasteiger partial charge in [-0.3, -0.25) is 4.79 Å². The molecule has 116 valence electrons. The molecule has 21 heavy (non-hydrogen) atoms. The van der Waals surface area contributed by atoms with E-state index in [1.807, 2.05) is 33.9 Å². The van der Waals surface area contributed by atoms with E-state index < -0.39 is 0 Å². The lowest BCUT2D eigenvalue weighted by molar-refractivity contribution is 0.0767. The number of nitrogens with zero attached hydrogens (tertiary/aromatic N) is 1. The van der Waals surface area contributed by atoms with E-state index in [0.717, 1.165) is 34.2 Å². The second-order valence-corrected chi connectivity index (χ2v) is 5.29. The summed E-state index contributed by atoms with van der Waals surface area (Å²) in [7, 11) is 3.67. The number of carbonyl (C=O) groups is 1. The molecule has 0 fully saturated rings. The Morgan fingerprint density at radius 1 is 1.24 bits per heavy atom. The average molecular weight is 311 g/mol. The van der Waals surface area contributed by atoms with Crippen LogP contribution in [-0.4, -0.2) is 38.0 Å². The number of nitrogens with one attached hydrogen (secondary N) is 1. The van der Waals surface area contributed by atoms with Gasteiger partial charge in [0.1, 0.15) is 5.58 Å². The normalized spacial score (nSPS) is 10.5. The van der Waals surface area contributed by atoms with E-state index in [-0.39, 0.29) is 18.3 Å². The Kier molecular flexibility index (Phi) is 5.81. The first kappa shape index (κ1) is 17.5. The van der Waals surface area contributed by atoms with Gasteiger partial charge in [-0.05, 0) is 38.9 Å². The third-order valence-electron chi connectivity index (χ3n) is 3.72. The first-order chi connectivity index (χ1) is 9.47. The van der Waals surface area contributed by atoms with E-state index >= 15 is 0 Å². The molecule has 1 aromatic carbocycles. The number of amides is 1. The highest BCUT2D eigenvalue weighted by Crippen LogP contribution is 2.31. The topological polar surface area (TPSA) is 45.5 Å². The quantitative estimate of drug-likeness (QED) is 0.944. The minimum Gasteiger partial charge on any atom is -0.450 e. The molecule has 0 saturated carbocycles. The lowest BCUT2D eigenvalue weighted by atomic mass is 10.0. The highest BCUT2D eigenvalue weighted by molar-refractivity contribution is 6.00. The van der Waals surface area contributed by atoms with Crippen molar-refractivity contribution in [1.82, 2.24) is 10.2 Å². The zero-order valence-corrected chi connectivity index (χ0v) is 14.1. The molecule has 1 N–H and O–H groups in total. The minimum absolute atomic E-state index is 0. The number of carbonyl (C=O) groups excluding carboxylic acids is 1. The zero-order chi connectivity index (χ0) is 14.9. The summed E-state index contributed by atoms with van der Waals surface area (Å²) in [6.45, 7) is 7.42. The van der Waals surface area contributed by atoms with Crippen molar-refractivity contribution >= 4 is 29.3 Å². The minimum atomic E-state index is -0.0623. The van der Waals surface area contributed by atoms with Crippen LogP contribution in [0.2, 0.25) is 0 Å². The van der Waals surface area contributed by atoms with Crippen molar-refractivity contribution in [2.45, 2.75) is 20.8 Å². The van der Waals surface area contributed by atoms with Crippen LogP contribution in [0, 0.1) is 20.8 Å². The van der Waals surface area contributed by atoms with Gasteiger partial charge in [-0.25, -0.2) is 0 Å². The van der Waals surface area contributed by atoms with Gasteiger partial charge in [0.15, 0.2) is 5.76 Å². The van der Waals surface area contributed by atoms with Crippen molar-refractivity contribution in [1.29, 1.82) is 0 Å². The van der Waals surface area contributed by atoms with Gasteiger partial charge in [-0.15, -0.1) is 12.4 Å². The number of aryl methyl sites for hydroxylation is 3. The standard InChI is InChI=1S/C16H22N2O2.ClH/c1-10-6-7-11(2)14-13(10)12(3)15(20-14)16(19)18(5)9-8-17-4;/h6-7,17H,8-9H2,1-5H3;1H. The molecule has 0 aliphatic heterocycles. The summed E-state index contributed by atoms with van der Waals surface area (Å²) >= 11 is 0. The van der Waals surface area contributed by atoms with Gasteiger partial charge < -0.3 is 14.6 Å². The van der Waals surface area contributed by atoms with Crippen LogP contribution in [0.15, 0.2) is 16.5 Å². The molecule has 0 aliphatic rings. The van der Waals surface area contributed by atoms with Gasteiger partial charge in [0.25, 0.3) is 5.91 Å². The van der Waals surface area contributed by atoms with Gasteiger partial charge in [-0.1, -0.05) is 12.1 Å². The molecule has 2 rings (SSSR count). The summed E-state index contributed by atoms with van der Waals surface area (Å²) in [4.78, 5) is 14.2. The number of halogens is 1. The Morgan fingerprint density at radius 2 is 1.86 bits per heavy atom. The Balaban J connectivity index is 0.00000220. The van der Waals surface area contributed by atoms with E-state index in [4.69, 9.17) is 4.42 Å². The molecule has 0 aliphatic carbocycles. The number of benzene rings is 1. The summed E-state index contributed by atoms with van der Waals surface area (Å²) in [5.74, 6) is 0.392. The monoisotopic (exact) mass is 310 g/mol. The number of hydrogen-bond donors (Lipinski definition) is 1. The Bertz CT molecular complexity index is 649. The van der Waals surface area contributed by atoms with Gasteiger partial charge >= 0.3 is 0 Å². The molecule has 1 amide bonds. The average Bonchev–Trinajstić information content (AvgIpc) is 2.78. The predicted molar refractivity (Wildman–Crippen MR) is 88.6 cm³/mol. The molecule has 0 atom stereocenters. The van der Waals surface area contributed by atoms with Crippen LogP contribution in [0.1, 0.15) is 27.2 Å². The maximum absolute atomic E-state index is 12.5. The van der Waals surface area contributed by atoms with E-state index in [1.165, 1.54) is 0 Å². The first-order valence-electron chi connectivity index (χ1n) is 6.86. The number of hydrogen-bond acceptors (Lipinski definition) is 3. The van der Waals surface area contributed by atoms with Crippen molar-refractivity contribution in [2.75, 3.05) is 27.2 Å². The highest BCUT2D eigenvalue weighted by Gasteiger charge is 2.22. The lowest BCUT2D eigenvalue weighted by Crippen LogP contribution is -2.32. The molecule has 1 aromatic heterocycles. The van der Waals surface area contributed by atoms with Crippen LogP contribution in [0.25, 0.3) is 11.0 Å². The van der Waals surface area contributed by atoms with Crippen molar-refractivity contribution in [3.63, 3.8) is 0 Å². The van der Waals surface area contributed by atoms with E-state index in [0.29, 0.717) is 12.3 Å². The summed E-state index contributed by atoms with van der Waals surface area (Å²) in [6, 6.07) is 4.10. The number of furan rings is 1. The number of rotatable bonds is 4. The third kappa shape index (κ3) is 3.22. The lowest BCUT2D eigenvalue weighted by Gasteiger charge is -2.15. The molecule has 0 radical (unpaired) electrons. The fourth-order valence-corrected chi connectivity index (χ4v) is 2.43. The molecule has 4 nitrogen and oxygen atoms in total. The Labute approximate surface area is 131 Å². The first-order valence-corrected chi connectivity index (χ1v) is 6.86. The van der Waals surface area contributed by atoms with Crippen LogP contribution < -0.4 is 5.32 Å². The van der Waals surface area contributed by atoms with Crippen LogP contribution in [0.4, 0.5) is 0 Å². The molecule has 0 bridgehead atoms. The highest BCUT2D eigenvalue weighted by atomic mass is 35.5. The van der Waals surface area contributed by atoms with Gasteiger partial charge in [0.05, 0.1) is 0 Å². The maximum Gasteiger partial charge on any atom is 0.289 e. The second kappa shape index (κ2) is 6.96. The fraction of sp³-hybridized carbons (Fsp3) is 0.438. The van der Waals surface area contributed by atoms with Crippen molar-refractivity contribution in [3.8, 4) is 0 Å². The largest absolute Gasteiger partial charge is 0.450 e. The molecule has 2 aromatic rings. The summed E-state index contributed by atoms with van der Waals surface area (Å²) < 4.78 is 5.86. The van der Waals surface area contributed by atoms with Gasteiger partial charge in [0.2, 0.25) is 0 Å². The van der Waals surface area contributed by atoms with Crippen LogP contribution in [0.5, 0.6) is 0 Å². The van der Waals surface area contributed by atoms with E-state index in [2.05, 4.69) is 11.4 Å². The van der Waals surface area contributed by atoms with Crippen LogP contribution in [0.3, 0.4) is 0 Å². The molecule has 0 unspecified atom stereocenters. The summed E-state index contributed by atoms with van der Waals surface area (Å²) in [6.07, 6.45) is 0. The van der Waals surface area contributed by atoms with E-state index in [9.17, 15) is 4.79 Å². The summed E-state index contributed by atoms with van der Waals surface area (Å²) in [5.41, 5.74) is 3.96. The number of fused-ring (bicyclic) bond motifs is 1. The molecular weight excluding hydrogens is 288 g/mol. The second-order valence-electron chi connectivity index (χ2n) is 5.29. The smallest absolute Gasteiger partial charge is 0.289 e. The Hall–Kier alpha value is -1.52. The van der Waals surface area contributed by atoms with Crippen LogP contribution >= 0.6 is 12.4 Å². The van der Waals surface area contributed by atoms with Gasteiger partial charge in [-0.2, -0.15) is 0 Å². The molecule has 1 heterocycles. The van der Waals surface area contributed by atoms with E-state index in [1.54, 1.807) is 11.9 Å². The van der Waals surface area contributed by atoms with Crippen molar-refractivity contribution in [2.24, 2.45) is 0 Å². The predicted octanol–water partition coefficient (Wildman–Crippen LogP) is 3.07. The molecular formula is C16H23ClN2O2. The Morgan fingerprint density at radius 3 is 2.43 bits per heavy atom. The molecule has 5 heteroatoms.